The first kappa shape index (κ1) is 13.7. The molecule has 0 N–H and O–H groups in total. The maximum absolute atomic E-state index is 4.05. The molecule has 0 saturated carbocycles. The van der Waals surface area contributed by atoms with E-state index >= 15 is 0 Å². The Morgan fingerprint density at radius 2 is 1.17 bits per heavy atom. The predicted octanol–water partition coefficient (Wildman–Crippen LogP) is 4.35. The minimum atomic E-state index is 1.06. The molecule has 0 unspecified atom stereocenters. The third-order valence-electron chi connectivity index (χ3n) is 2.18. The quantitative estimate of drug-likeness (QED) is 0.370. The SMILES string of the molecule is Ic1cccc(/C=N/N=C/c2cccc(I)c2)c1. The summed E-state index contributed by atoms with van der Waals surface area (Å²) in [6.45, 7) is 0. The summed E-state index contributed by atoms with van der Waals surface area (Å²) in [5.41, 5.74) is 2.11. The second-order valence-corrected chi connectivity index (χ2v) is 6.09. The zero-order valence-electron chi connectivity index (χ0n) is 9.42. The second kappa shape index (κ2) is 6.98. The van der Waals surface area contributed by atoms with Crippen molar-refractivity contribution in [2.24, 2.45) is 10.2 Å². The van der Waals surface area contributed by atoms with E-state index in [1.165, 1.54) is 7.14 Å². The highest BCUT2D eigenvalue weighted by Crippen LogP contribution is 2.07. The van der Waals surface area contributed by atoms with Crippen LogP contribution in [0.25, 0.3) is 0 Å². The number of hydrogen-bond acceptors (Lipinski definition) is 2. The van der Waals surface area contributed by atoms with Gasteiger partial charge in [-0.1, -0.05) is 24.3 Å². The summed E-state index contributed by atoms with van der Waals surface area (Å²) in [7, 11) is 0. The highest BCUT2D eigenvalue weighted by Gasteiger charge is 1.89. The minimum Gasteiger partial charge on any atom is -0.159 e. The van der Waals surface area contributed by atoms with E-state index in [1.807, 2.05) is 36.4 Å². The Hall–Kier alpha value is -0.760. The van der Waals surface area contributed by atoms with Crippen LogP contribution < -0.4 is 0 Å². The van der Waals surface area contributed by atoms with Crippen molar-refractivity contribution in [3.8, 4) is 0 Å². The van der Waals surface area contributed by atoms with Crippen LogP contribution in [0.1, 0.15) is 11.1 Å². The molecule has 0 saturated heterocycles. The molecule has 0 bridgehead atoms. The fourth-order valence-corrected chi connectivity index (χ4v) is 2.51. The summed E-state index contributed by atoms with van der Waals surface area (Å²) >= 11 is 4.56. The highest BCUT2D eigenvalue weighted by molar-refractivity contribution is 14.1. The van der Waals surface area contributed by atoms with Crippen molar-refractivity contribution in [2.75, 3.05) is 0 Å². The fourth-order valence-electron chi connectivity index (χ4n) is 1.37. The first-order valence-electron chi connectivity index (χ1n) is 5.31. The molecule has 4 heteroatoms. The van der Waals surface area contributed by atoms with Crippen LogP contribution in [0.4, 0.5) is 0 Å². The third-order valence-corrected chi connectivity index (χ3v) is 3.52. The van der Waals surface area contributed by atoms with Crippen molar-refractivity contribution in [3.05, 3.63) is 66.8 Å². The van der Waals surface area contributed by atoms with Gasteiger partial charge in [-0.05, 0) is 80.6 Å². The van der Waals surface area contributed by atoms with Gasteiger partial charge in [0, 0.05) is 7.14 Å². The van der Waals surface area contributed by atoms with Crippen molar-refractivity contribution in [1.82, 2.24) is 0 Å². The van der Waals surface area contributed by atoms with Crippen molar-refractivity contribution in [3.63, 3.8) is 0 Å². The van der Waals surface area contributed by atoms with E-state index in [4.69, 9.17) is 0 Å². The van der Waals surface area contributed by atoms with Crippen LogP contribution in [0.3, 0.4) is 0 Å². The van der Waals surface area contributed by atoms with Crippen LogP contribution >= 0.6 is 45.2 Å². The topological polar surface area (TPSA) is 24.7 Å². The molecule has 0 spiro atoms. The van der Waals surface area contributed by atoms with Gasteiger partial charge in [-0.25, -0.2) is 0 Å². The van der Waals surface area contributed by atoms with Gasteiger partial charge in [0.25, 0.3) is 0 Å². The van der Waals surface area contributed by atoms with E-state index in [0.717, 1.165) is 11.1 Å². The lowest BCUT2D eigenvalue weighted by atomic mass is 10.2. The van der Waals surface area contributed by atoms with Gasteiger partial charge in [-0.3, -0.25) is 0 Å². The van der Waals surface area contributed by atoms with Gasteiger partial charge in [0.2, 0.25) is 0 Å². The molecular weight excluding hydrogens is 450 g/mol. The van der Waals surface area contributed by atoms with Crippen molar-refractivity contribution in [1.29, 1.82) is 0 Å². The molecule has 2 aromatic carbocycles. The Kier molecular flexibility index (Phi) is 5.30. The minimum absolute atomic E-state index is 1.06. The number of nitrogens with zero attached hydrogens (tertiary/aromatic N) is 2. The summed E-state index contributed by atoms with van der Waals surface area (Å²) in [5.74, 6) is 0. The first-order valence-corrected chi connectivity index (χ1v) is 7.47. The summed E-state index contributed by atoms with van der Waals surface area (Å²) in [6, 6.07) is 16.2. The number of halogens is 2. The van der Waals surface area contributed by atoms with Gasteiger partial charge in [0.15, 0.2) is 0 Å². The van der Waals surface area contributed by atoms with Gasteiger partial charge in [-0.2, -0.15) is 10.2 Å². The standard InChI is InChI=1S/C14H10I2N2/c15-13-5-1-3-11(7-13)9-17-18-10-12-4-2-6-14(16)8-12/h1-10H/b17-9+,18-10+. The largest absolute Gasteiger partial charge is 0.159 e. The molecule has 0 aliphatic carbocycles. The first-order chi connectivity index (χ1) is 8.74. The van der Waals surface area contributed by atoms with E-state index in [0.29, 0.717) is 0 Å². The molecule has 0 heterocycles. The average molecular weight is 460 g/mol. The molecule has 0 amide bonds. The summed E-state index contributed by atoms with van der Waals surface area (Å²) < 4.78 is 2.39. The van der Waals surface area contributed by atoms with Gasteiger partial charge < -0.3 is 0 Å². The van der Waals surface area contributed by atoms with E-state index in [-0.39, 0.29) is 0 Å². The molecule has 0 aliphatic rings. The maximum Gasteiger partial charge on any atom is 0.0568 e. The smallest absolute Gasteiger partial charge is 0.0568 e. The Balaban J connectivity index is 2.03. The third kappa shape index (κ3) is 4.49. The van der Waals surface area contributed by atoms with Crippen molar-refractivity contribution < 1.29 is 0 Å². The highest BCUT2D eigenvalue weighted by atomic mass is 127. The van der Waals surface area contributed by atoms with Crippen LogP contribution in [0.15, 0.2) is 58.7 Å². The number of rotatable bonds is 3. The molecule has 0 aliphatic heterocycles. The molecule has 0 fully saturated rings. The fraction of sp³-hybridized carbons (Fsp3) is 0. The molecule has 90 valence electrons. The lowest BCUT2D eigenvalue weighted by molar-refractivity contribution is 1.26. The molecular formula is C14H10I2N2. The zero-order chi connectivity index (χ0) is 12.8. The summed E-state index contributed by atoms with van der Waals surface area (Å²) in [6.07, 6.45) is 3.51. The number of benzene rings is 2. The lowest BCUT2D eigenvalue weighted by Crippen LogP contribution is -1.83. The van der Waals surface area contributed by atoms with Crippen LogP contribution in [-0.2, 0) is 0 Å². The van der Waals surface area contributed by atoms with E-state index in [1.54, 1.807) is 12.4 Å². The van der Waals surface area contributed by atoms with Crippen LogP contribution in [0, 0.1) is 7.14 Å². The zero-order valence-corrected chi connectivity index (χ0v) is 13.7. The van der Waals surface area contributed by atoms with Crippen LogP contribution in [-0.4, -0.2) is 12.4 Å². The average Bonchev–Trinajstić information content (AvgIpc) is 2.35. The molecule has 0 aromatic heterocycles. The van der Waals surface area contributed by atoms with Gasteiger partial charge >= 0.3 is 0 Å². The van der Waals surface area contributed by atoms with Crippen molar-refractivity contribution >= 4 is 57.6 Å². The Labute approximate surface area is 134 Å². The van der Waals surface area contributed by atoms with E-state index < -0.39 is 0 Å². The molecule has 0 atom stereocenters. The molecule has 18 heavy (non-hydrogen) atoms. The number of hydrogen-bond donors (Lipinski definition) is 0. The normalized spacial score (nSPS) is 11.4. The van der Waals surface area contributed by atoms with Gasteiger partial charge in [0.1, 0.15) is 0 Å². The lowest BCUT2D eigenvalue weighted by Gasteiger charge is -1.93. The molecule has 2 rings (SSSR count). The van der Waals surface area contributed by atoms with Crippen LogP contribution in [0.5, 0.6) is 0 Å². The van der Waals surface area contributed by atoms with Gasteiger partial charge in [-0.15, -0.1) is 0 Å². The molecule has 2 nitrogen and oxygen atoms in total. The molecule has 2 aromatic rings. The van der Waals surface area contributed by atoms with E-state index in [9.17, 15) is 0 Å². The maximum atomic E-state index is 4.05. The summed E-state index contributed by atoms with van der Waals surface area (Å²) in [4.78, 5) is 0. The van der Waals surface area contributed by atoms with Gasteiger partial charge in [0.05, 0.1) is 12.4 Å². The monoisotopic (exact) mass is 460 g/mol. The Bertz CT molecular complexity index is 538. The second-order valence-electron chi connectivity index (χ2n) is 3.60. The Morgan fingerprint density at radius 1 is 0.722 bits per heavy atom. The van der Waals surface area contributed by atoms with E-state index in [2.05, 4.69) is 67.5 Å². The van der Waals surface area contributed by atoms with Crippen molar-refractivity contribution in [2.45, 2.75) is 0 Å². The predicted molar refractivity (Wildman–Crippen MR) is 93.5 cm³/mol. The molecule has 0 radical (unpaired) electrons. The summed E-state index contributed by atoms with van der Waals surface area (Å²) in [5, 5.41) is 8.09. The van der Waals surface area contributed by atoms with Crippen LogP contribution in [0.2, 0.25) is 0 Å². The Morgan fingerprint density at radius 3 is 1.56 bits per heavy atom.